The minimum atomic E-state index is 0.185. The van der Waals surface area contributed by atoms with Crippen LogP contribution in [0.25, 0.3) is 0 Å². The number of carbonyl (C=O) groups is 2. The molecule has 0 aliphatic carbocycles. The van der Waals surface area contributed by atoms with Gasteiger partial charge in [0.25, 0.3) is 0 Å². The first-order chi connectivity index (χ1) is 6.24. The van der Waals surface area contributed by atoms with Crippen LogP contribution in [0.4, 0.5) is 0 Å². The van der Waals surface area contributed by atoms with Crippen molar-refractivity contribution in [2.45, 2.75) is 0 Å². The Labute approximate surface area is 80.3 Å². The second kappa shape index (κ2) is 4.05. The number of methoxy groups -OCH3 is 1. The summed E-state index contributed by atoms with van der Waals surface area (Å²) in [6, 6.07) is 2.98. The van der Waals surface area contributed by atoms with Crippen molar-refractivity contribution in [3.63, 3.8) is 0 Å². The van der Waals surface area contributed by atoms with Gasteiger partial charge in [0.2, 0.25) is 0 Å². The highest BCUT2D eigenvalue weighted by molar-refractivity contribution is 6.32. The minimum absolute atomic E-state index is 0.185. The van der Waals surface area contributed by atoms with Gasteiger partial charge in [-0.1, -0.05) is 11.6 Å². The number of hydrogen-bond donors (Lipinski definition) is 0. The largest absolute Gasteiger partial charge is 0.494 e. The molecule has 0 aromatic heterocycles. The summed E-state index contributed by atoms with van der Waals surface area (Å²) in [5, 5.41) is 0.315. The molecule has 0 fully saturated rings. The molecular weight excluding hydrogens is 192 g/mol. The molecule has 0 N–H and O–H groups in total. The second-order valence-corrected chi connectivity index (χ2v) is 2.73. The van der Waals surface area contributed by atoms with Gasteiger partial charge in [-0.15, -0.1) is 0 Å². The Bertz CT molecular complexity index is 347. The molecule has 1 aromatic rings. The van der Waals surface area contributed by atoms with Crippen LogP contribution in [-0.2, 0) is 0 Å². The van der Waals surface area contributed by atoms with Crippen LogP contribution in [-0.4, -0.2) is 19.7 Å². The molecule has 0 unspecified atom stereocenters. The van der Waals surface area contributed by atoms with Crippen molar-refractivity contribution in [2.24, 2.45) is 0 Å². The number of ether oxygens (including phenoxy) is 1. The van der Waals surface area contributed by atoms with Crippen molar-refractivity contribution in [2.75, 3.05) is 7.11 Å². The zero-order chi connectivity index (χ0) is 9.84. The fourth-order valence-corrected chi connectivity index (χ4v) is 1.26. The highest BCUT2D eigenvalue weighted by Gasteiger charge is 2.11. The molecule has 0 atom stereocenters. The Kier molecular flexibility index (Phi) is 3.03. The first kappa shape index (κ1) is 9.74. The minimum Gasteiger partial charge on any atom is -0.494 e. The summed E-state index contributed by atoms with van der Waals surface area (Å²) in [6.07, 6.45) is 1.14. The highest BCUT2D eigenvalue weighted by atomic mass is 35.5. The van der Waals surface area contributed by atoms with Crippen LogP contribution < -0.4 is 4.74 Å². The van der Waals surface area contributed by atoms with Gasteiger partial charge in [0.15, 0.2) is 12.6 Å². The Morgan fingerprint density at radius 2 is 2.00 bits per heavy atom. The lowest BCUT2D eigenvalue weighted by Crippen LogP contribution is -1.96. The van der Waals surface area contributed by atoms with Gasteiger partial charge >= 0.3 is 0 Å². The molecule has 0 saturated heterocycles. The van der Waals surface area contributed by atoms with Crippen LogP contribution in [0.3, 0.4) is 0 Å². The summed E-state index contributed by atoms with van der Waals surface area (Å²) in [5.41, 5.74) is 0.459. The van der Waals surface area contributed by atoms with Crippen molar-refractivity contribution in [1.82, 2.24) is 0 Å². The molecule has 3 nitrogen and oxygen atoms in total. The predicted octanol–water partition coefficient (Wildman–Crippen LogP) is 1.97. The second-order valence-electron chi connectivity index (χ2n) is 2.32. The van der Waals surface area contributed by atoms with Crippen molar-refractivity contribution in [3.05, 3.63) is 28.3 Å². The number of aldehydes is 2. The van der Waals surface area contributed by atoms with Crippen LogP contribution in [0.1, 0.15) is 20.7 Å². The number of rotatable bonds is 3. The average Bonchev–Trinajstić information content (AvgIpc) is 2.17. The SMILES string of the molecule is COc1c(Cl)ccc(C=O)c1C=O. The van der Waals surface area contributed by atoms with Gasteiger partial charge in [0.1, 0.15) is 5.75 Å². The first-order valence-corrected chi connectivity index (χ1v) is 3.89. The Hall–Kier alpha value is -1.35. The smallest absolute Gasteiger partial charge is 0.154 e. The van der Waals surface area contributed by atoms with Crippen molar-refractivity contribution < 1.29 is 14.3 Å². The third-order valence-corrected chi connectivity index (χ3v) is 1.93. The predicted molar refractivity (Wildman–Crippen MR) is 48.8 cm³/mol. The van der Waals surface area contributed by atoms with Gasteiger partial charge in [-0.05, 0) is 12.1 Å². The summed E-state index contributed by atoms with van der Waals surface area (Å²) in [6.45, 7) is 0. The normalized spacial score (nSPS) is 9.38. The lowest BCUT2D eigenvalue weighted by atomic mass is 10.1. The van der Waals surface area contributed by atoms with Crippen molar-refractivity contribution >= 4 is 24.2 Å². The maximum absolute atomic E-state index is 10.6. The molecule has 0 aliphatic rings. The summed E-state index contributed by atoms with van der Waals surface area (Å²) in [4.78, 5) is 21.1. The Balaban J connectivity index is 3.44. The van der Waals surface area contributed by atoms with E-state index in [0.717, 1.165) is 0 Å². The van der Waals surface area contributed by atoms with Crippen LogP contribution in [0.5, 0.6) is 5.75 Å². The third-order valence-electron chi connectivity index (χ3n) is 1.63. The molecule has 0 spiro atoms. The molecular formula is C9H7ClO3. The topological polar surface area (TPSA) is 43.4 Å². The standard InChI is InChI=1S/C9H7ClO3/c1-13-9-7(5-12)6(4-11)2-3-8(9)10/h2-5H,1H3. The summed E-state index contributed by atoms with van der Waals surface area (Å²) in [5.74, 6) is 0.237. The number of hydrogen-bond acceptors (Lipinski definition) is 3. The van der Waals surface area contributed by atoms with Crippen molar-refractivity contribution in [1.29, 1.82) is 0 Å². The van der Waals surface area contributed by atoms with Gasteiger partial charge in [-0.25, -0.2) is 0 Å². The van der Waals surface area contributed by atoms with Crippen LogP contribution in [0, 0.1) is 0 Å². The zero-order valence-corrected chi connectivity index (χ0v) is 7.67. The van der Waals surface area contributed by atoms with E-state index in [1.165, 1.54) is 19.2 Å². The van der Waals surface area contributed by atoms with E-state index in [1.807, 2.05) is 0 Å². The van der Waals surface area contributed by atoms with E-state index in [-0.39, 0.29) is 16.9 Å². The molecule has 68 valence electrons. The van der Waals surface area contributed by atoms with Gasteiger partial charge in [-0.2, -0.15) is 0 Å². The van der Waals surface area contributed by atoms with Gasteiger partial charge in [0.05, 0.1) is 17.7 Å². The van der Waals surface area contributed by atoms with E-state index in [9.17, 15) is 9.59 Å². The fourth-order valence-electron chi connectivity index (χ4n) is 1.02. The summed E-state index contributed by atoms with van der Waals surface area (Å²) < 4.78 is 4.89. The van der Waals surface area contributed by atoms with Gasteiger partial charge in [0, 0.05) is 5.56 Å². The van der Waals surface area contributed by atoms with Crippen LogP contribution in [0.2, 0.25) is 5.02 Å². The van der Waals surface area contributed by atoms with E-state index in [2.05, 4.69) is 0 Å². The monoisotopic (exact) mass is 198 g/mol. The quantitative estimate of drug-likeness (QED) is 0.698. The maximum atomic E-state index is 10.6. The number of halogens is 1. The maximum Gasteiger partial charge on any atom is 0.154 e. The number of carbonyl (C=O) groups excluding carboxylic acids is 2. The summed E-state index contributed by atoms with van der Waals surface area (Å²) >= 11 is 5.74. The molecule has 0 radical (unpaired) electrons. The van der Waals surface area contributed by atoms with Gasteiger partial charge in [-0.3, -0.25) is 9.59 Å². The highest BCUT2D eigenvalue weighted by Crippen LogP contribution is 2.29. The van der Waals surface area contributed by atoms with Crippen LogP contribution in [0.15, 0.2) is 12.1 Å². The molecule has 0 heterocycles. The van der Waals surface area contributed by atoms with E-state index in [0.29, 0.717) is 17.6 Å². The molecule has 0 saturated carbocycles. The molecule has 1 rings (SSSR count). The lowest BCUT2D eigenvalue weighted by Gasteiger charge is -2.06. The molecule has 1 aromatic carbocycles. The van der Waals surface area contributed by atoms with E-state index in [1.54, 1.807) is 0 Å². The first-order valence-electron chi connectivity index (χ1n) is 3.51. The lowest BCUT2D eigenvalue weighted by molar-refractivity contribution is 0.109. The van der Waals surface area contributed by atoms with Gasteiger partial charge < -0.3 is 4.74 Å². The fraction of sp³-hybridized carbons (Fsp3) is 0.111. The zero-order valence-electron chi connectivity index (χ0n) is 6.91. The molecule has 4 heteroatoms. The van der Waals surface area contributed by atoms with Crippen molar-refractivity contribution in [3.8, 4) is 5.75 Å². The molecule has 13 heavy (non-hydrogen) atoms. The van der Waals surface area contributed by atoms with Crippen LogP contribution >= 0.6 is 11.6 Å². The average molecular weight is 199 g/mol. The third kappa shape index (κ3) is 1.70. The van der Waals surface area contributed by atoms with E-state index in [4.69, 9.17) is 16.3 Å². The summed E-state index contributed by atoms with van der Waals surface area (Å²) in [7, 11) is 1.39. The van der Waals surface area contributed by atoms with E-state index >= 15 is 0 Å². The van der Waals surface area contributed by atoms with E-state index < -0.39 is 0 Å². The Morgan fingerprint density at radius 3 is 2.46 bits per heavy atom. The Morgan fingerprint density at radius 1 is 1.31 bits per heavy atom. The molecule has 0 aliphatic heterocycles. The molecule has 0 bridgehead atoms. The number of benzene rings is 1. The molecule has 0 amide bonds.